The second-order valence-corrected chi connectivity index (χ2v) is 8.15. The van der Waals surface area contributed by atoms with Gasteiger partial charge in [0.2, 0.25) is 0 Å². The molecule has 0 spiro atoms. The molecule has 4 aliphatic rings. The minimum atomic E-state index is 0.0304. The Balaban J connectivity index is 1.66. The Morgan fingerprint density at radius 2 is 1.62 bits per heavy atom. The van der Waals surface area contributed by atoms with Gasteiger partial charge in [0, 0.05) is 11.1 Å². The van der Waals surface area contributed by atoms with E-state index in [4.69, 9.17) is 11.6 Å². The van der Waals surface area contributed by atoms with Crippen LogP contribution in [0.2, 0.25) is 0 Å². The predicted octanol–water partition coefficient (Wildman–Crippen LogP) is 4.34. The highest BCUT2D eigenvalue weighted by Crippen LogP contribution is 2.57. The van der Waals surface area contributed by atoms with Crippen molar-refractivity contribution in [2.45, 2.75) is 44.1 Å². The number of carbonyl (C=O) groups is 1. The third-order valence-corrected chi connectivity index (χ3v) is 6.41. The van der Waals surface area contributed by atoms with Crippen LogP contribution in [-0.2, 0) is 0 Å². The van der Waals surface area contributed by atoms with Gasteiger partial charge in [0.15, 0.2) is 0 Å². The molecule has 0 heterocycles. The molecule has 24 heavy (non-hydrogen) atoms. The molecule has 3 heteroatoms. The average molecular weight is 342 g/mol. The molecule has 0 radical (unpaired) electrons. The lowest BCUT2D eigenvalue weighted by Crippen LogP contribution is -2.61. The van der Waals surface area contributed by atoms with Gasteiger partial charge in [0.1, 0.15) is 0 Å². The summed E-state index contributed by atoms with van der Waals surface area (Å²) in [6.45, 7) is 0.507. The zero-order valence-corrected chi connectivity index (χ0v) is 14.8. The van der Waals surface area contributed by atoms with Gasteiger partial charge in [-0.15, -0.1) is 11.6 Å². The topological polar surface area (TPSA) is 20.3 Å². The smallest absolute Gasteiger partial charge is 0.255 e. The van der Waals surface area contributed by atoms with Crippen LogP contribution >= 0.6 is 11.6 Å². The first-order valence-corrected chi connectivity index (χ1v) is 9.62. The Bertz CT molecular complexity index is 637. The van der Waals surface area contributed by atoms with Crippen LogP contribution < -0.4 is 0 Å². The molecule has 0 N–H and O–H groups in total. The number of hydrogen-bond donors (Lipinski definition) is 0. The van der Waals surface area contributed by atoms with E-state index in [1.165, 1.54) is 38.5 Å². The van der Waals surface area contributed by atoms with Crippen LogP contribution in [0.25, 0.3) is 0 Å². The van der Waals surface area contributed by atoms with Gasteiger partial charge in [0.05, 0.1) is 12.4 Å². The zero-order chi connectivity index (χ0) is 16.6. The first-order valence-electron chi connectivity index (χ1n) is 9.09. The maximum absolute atomic E-state index is 13.3. The van der Waals surface area contributed by atoms with E-state index in [1.807, 2.05) is 30.3 Å². The summed E-state index contributed by atoms with van der Waals surface area (Å²) in [5.74, 6) is 8.97. The van der Waals surface area contributed by atoms with Crippen LogP contribution in [0.4, 0.5) is 0 Å². The lowest BCUT2D eigenvalue weighted by molar-refractivity contribution is -0.0706. The van der Waals surface area contributed by atoms with Crippen molar-refractivity contribution in [2.75, 3.05) is 12.4 Å². The molecule has 5 rings (SSSR count). The van der Waals surface area contributed by atoms with Crippen LogP contribution in [0.3, 0.4) is 0 Å². The van der Waals surface area contributed by atoms with Gasteiger partial charge in [-0.2, -0.15) is 0 Å². The number of carbonyl (C=O) groups excluding carboxylic acids is 1. The average Bonchev–Trinajstić information content (AvgIpc) is 2.58. The monoisotopic (exact) mass is 341 g/mol. The molecule has 1 aromatic rings. The van der Waals surface area contributed by atoms with Gasteiger partial charge in [-0.3, -0.25) is 4.79 Å². The Morgan fingerprint density at radius 1 is 1.04 bits per heavy atom. The summed E-state index contributed by atoms with van der Waals surface area (Å²) in [5.41, 5.74) is 0.809. The first kappa shape index (κ1) is 16.0. The third kappa shape index (κ3) is 2.84. The first-order chi connectivity index (χ1) is 11.7. The molecule has 0 aliphatic heterocycles. The maximum Gasteiger partial charge on any atom is 0.255 e. The molecule has 2 nitrogen and oxygen atoms in total. The molecule has 4 bridgehead atoms. The van der Waals surface area contributed by atoms with E-state index >= 15 is 0 Å². The Labute approximate surface area is 149 Å². The van der Waals surface area contributed by atoms with Crippen molar-refractivity contribution in [2.24, 2.45) is 17.8 Å². The van der Waals surface area contributed by atoms with Crippen molar-refractivity contribution in [3.63, 3.8) is 0 Å². The summed E-state index contributed by atoms with van der Waals surface area (Å²) in [5, 5.41) is 0. The largest absolute Gasteiger partial charge is 0.322 e. The van der Waals surface area contributed by atoms with Gasteiger partial charge in [-0.1, -0.05) is 30.0 Å². The van der Waals surface area contributed by atoms with Gasteiger partial charge in [-0.25, -0.2) is 0 Å². The highest BCUT2D eigenvalue weighted by molar-refractivity contribution is 6.19. The van der Waals surface area contributed by atoms with Crippen molar-refractivity contribution in [3.05, 3.63) is 35.9 Å². The molecule has 4 aliphatic carbocycles. The fourth-order valence-electron chi connectivity index (χ4n) is 5.77. The SMILES string of the molecule is O=C(c1ccccc1)N(CC#CCCl)C12CC3CC(CC(C3)C1)C2. The number of nitrogens with zero attached hydrogens (tertiary/aromatic N) is 1. The van der Waals surface area contributed by atoms with Crippen molar-refractivity contribution in [1.29, 1.82) is 0 Å². The third-order valence-electron chi connectivity index (χ3n) is 6.27. The molecular weight excluding hydrogens is 318 g/mol. The summed E-state index contributed by atoms with van der Waals surface area (Å²) in [7, 11) is 0. The van der Waals surface area contributed by atoms with Crippen molar-refractivity contribution >= 4 is 17.5 Å². The van der Waals surface area contributed by atoms with Gasteiger partial charge in [0.25, 0.3) is 5.91 Å². The molecular formula is C21H24ClNO. The summed E-state index contributed by atoms with van der Waals surface area (Å²) < 4.78 is 0. The minimum Gasteiger partial charge on any atom is -0.322 e. The van der Waals surface area contributed by atoms with Crippen LogP contribution in [0.15, 0.2) is 30.3 Å². The second-order valence-electron chi connectivity index (χ2n) is 7.89. The van der Waals surface area contributed by atoms with Crippen LogP contribution in [0.5, 0.6) is 0 Å². The quantitative estimate of drug-likeness (QED) is 0.591. The maximum atomic E-state index is 13.3. The van der Waals surface area contributed by atoms with E-state index in [2.05, 4.69) is 16.7 Å². The van der Waals surface area contributed by atoms with E-state index in [9.17, 15) is 4.79 Å². The zero-order valence-electron chi connectivity index (χ0n) is 14.0. The van der Waals surface area contributed by atoms with Crippen LogP contribution in [-0.4, -0.2) is 28.8 Å². The number of halogens is 1. The Morgan fingerprint density at radius 3 is 2.17 bits per heavy atom. The van der Waals surface area contributed by atoms with Gasteiger partial charge >= 0.3 is 0 Å². The molecule has 126 valence electrons. The normalized spacial score (nSPS) is 33.0. The molecule has 4 fully saturated rings. The molecule has 0 unspecified atom stereocenters. The molecule has 1 amide bonds. The van der Waals surface area contributed by atoms with Crippen molar-refractivity contribution in [3.8, 4) is 11.8 Å². The Kier molecular flexibility index (Phi) is 4.31. The van der Waals surface area contributed by atoms with E-state index in [0.29, 0.717) is 12.4 Å². The molecule has 0 aromatic heterocycles. The standard InChI is InChI=1S/C21H24ClNO/c22-8-4-5-9-23(20(24)19-6-2-1-3-7-19)21-13-16-10-17(14-21)12-18(11-16)15-21/h1-3,6-7,16-18H,8-15H2. The molecule has 1 aromatic carbocycles. The van der Waals surface area contributed by atoms with Gasteiger partial charge in [-0.05, 0) is 68.4 Å². The summed E-state index contributed by atoms with van der Waals surface area (Å²) in [6.07, 6.45) is 7.63. The summed E-state index contributed by atoms with van der Waals surface area (Å²) >= 11 is 5.72. The number of hydrogen-bond acceptors (Lipinski definition) is 1. The predicted molar refractivity (Wildman–Crippen MR) is 96.9 cm³/mol. The molecule has 0 atom stereocenters. The van der Waals surface area contributed by atoms with E-state index < -0.39 is 0 Å². The van der Waals surface area contributed by atoms with E-state index in [0.717, 1.165) is 23.3 Å². The lowest BCUT2D eigenvalue weighted by atomic mass is 9.52. The highest BCUT2D eigenvalue weighted by Gasteiger charge is 2.54. The van der Waals surface area contributed by atoms with E-state index in [1.54, 1.807) is 0 Å². The van der Waals surface area contributed by atoms with Gasteiger partial charge < -0.3 is 4.90 Å². The number of benzene rings is 1. The van der Waals surface area contributed by atoms with Crippen LogP contribution in [0.1, 0.15) is 48.9 Å². The number of amides is 1. The summed E-state index contributed by atoms with van der Waals surface area (Å²) in [6, 6.07) is 9.68. The second kappa shape index (κ2) is 6.45. The minimum absolute atomic E-state index is 0.0304. The molecule has 0 saturated heterocycles. The van der Waals surface area contributed by atoms with Crippen LogP contribution in [0, 0.1) is 29.6 Å². The highest BCUT2D eigenvalue weighted by atomic mass is 35.5. The Hall–Kier alpha value is -1.46. The number of rotatable bonds is 3. The summed E-state index contributed by atoms with van der Waals surface area (Å²) in [4.78, 5) is 15.4. The fraction of sp³-hybridized carbons (Fsp3) is 0.571. The fourth-order valence-corrected chi connectivity index (χ4v) is 5.86. The van der Waals surface area contributed by atoms with Crippen molar-refractivity contribution in [1.82, 2.24) is 4.90 Å². The lowest BCUT2D eigenvalue weighted by Gasteiger charge is -2.60. The molecule has 4 saturated carbocycles. The number of alkyl halides is 1. The van der Waals surface area contributed by atoms with Crippen molar-refractivity contribution < 1.29 is 4.79 Å². The van der Waals surface area contributed by atoms with E-state index in [-0.39, 0.29) is 11.4 Å².